The molecule has 2 rings (SSSR count). The number of hydrogen-bond acceptors (Lipinski definition) is 3. The van der Waals surface area contributed by atoms with Crippen LogP contribution in [0.25, 0.3) is 0 Å². The topological polar surface area (TPSA) is 83.2 Å². The van der Waals surface area contributed by atoms with E-state index in [1.165, 1.54) is 0 Å². The average Bonchev–Trinajstić information content (AvgIpc) is 2.97. The molecular formula is C15H16BrN3O3. The summed E-state index contributed by atoms with van der Waals surface area (Å²) in [5, 5.41) is 0. The molecule has 116 valence electrons. The van der Waals surface area contributed by atoms with E-state index in [4.69, 9.17) is 4.74 Å². The van der Waals surface area contributed by atoms with Gasteiger partial charge in [-0.3, -0.25) is 20.4 Å². The van der Waals surface area contributed by atoms with Gasteiger partial charge in [0, 0.05) is 17.1 Å². The molecule has 0 aliphatic rings. The highest BCUT2D eigenvalue weighted by atomic mass is 79.9. The monoisotopic (exact) mass is 365 g/mol. The molecule has 7 heteroatoms. The number of hydrazine groups is 1. The summed E-state index contributed by atoms with van der Waals surface area (Å²) in [4.78, 5) is 26.2. The third-order valence-corrected chi connectivity index (χ3v) is 3.44. The summed E-state index contributed by atoms with van der Waals surface area (Å²) < 4.78 is 5.89. The molecule has 1 aromatic carbocycles. The van der Waals surface area contributed by atoms with E-state index in [0.29, 0.717) is 12.1 Å². The number of amides is 2. The lowest BCUT2D eigenvalue weighted by Gasteiger charge is -2.07. The lowest BCUT2D eigenvalue weighted by atomic mass is 10.1. The lowest BCUT2D eigenvalue weighted by Crippen LogP contribution is -2.41. The fourth-order valence-corrected chi connectivity index (χ4v) is 2.18. The van der Waals surface area contributed by atoms with E-state index >= 15 is 0 Å². The molecule has 1 heterocycles. The molecule has 3 N–H and O–H groups in total. The summed E-state index contributed by atoms with van der Waals surface area (Å²) in [5.41, 5.74) is 6.10. The van der Waals surface area contributed by atoms with Crippen LogP contribution in [0, 0.1) is 0 Å². The normalized spacial score (nSPS) is 10.1. The van der Waals surface area contributed by atoms with Gasteiger partial charge in [0.25, 0.3) is 5.91 Å². The number of benzene rings is 1. The number of aromatic nitrogens is 1. The first kappa shape index (κ1) is 16.1. The molecule has 0 bridgehead atoms. The standard InChI is InChI=1S/C15H16BrN3O3/c1-22-12-4-2-3-10(7-12)5-6-14(20)18-19-15(21)13-8-11(16)9-17-13/h2-4,7-9,17H,5-6H2,1H3,(H,18,20)(H,19,21). The minimum atomic E-state index is -0.402. The van der Waals surface area contributed by atoms with Crippen LogP contribution in [0.15, 0.2) is 41.0 Å². The number of aromatic amines is 1. The van der Waals surface area contributed by atoms with E-state index < -0.39 is 5.91 Å². The van der Waals surface area contributed by atoms with Gasteiger partial charge in [-0.25, -0.2) is 0 Å². The number of ether oxygens (including phenoxy) is 1. The van der Waals surface area contributed by atoms with Crippen LogP contribution in [-0.4, -0.2) is 23.9 Å². The zero-order valence-corrected chi connectivity index (χ0v) is 13.6. The van der Waals surface area contributed by atoms with Crippen LogP contribution in [0.5, 0.6) is 5.75 Å². The van der Waals surface area contributed by atoms with Crippen LogP contribution in [0.2, 0.25) is 0 Å². The summed E-state index contributed by atoms with van der Waals surface area (Å²) in [6.07, 6.45) is 2.47. The average molecular weight is 366 g/mol. The molecule has 22 heavy (non-hydrogen) atoms. The van der Waals surface area contributed by atoms with Crippen LogP contribution in [0.4, 0.5) is 0 Å². The van der Waals surface area contributed by atoms with Crippen molar-refractivity contribution in [3.05, 3.63) is 52.3 Å². The van der Waals surface area contributed by atoms with Crippen molar-refractivity contribution in [1.29, 1.82) is 0 Å². The van der Waals surface area contributed by atoms with Gasteiger partial charge in [0.1, 0.15) is 11.4 Å². The fraction of sp³-hybridized carbons (Fsp3) is 0.200. The van der Waals surface area contributed by atoms with Crippen molar-refractivity contribution in [1.82, 2.24) is 15.8 Å². The highest BCUT2D eigenvalue weighted by Crippen LogP contribution is 2.13. The van der Waals surface area contributed by atoms with Crippen molar-refractivity contribution >= 4 is 27.7 Å². The number of carbonyl (C=O) groups is 2. The maximum absolute atomic E-state index is 11.7. The van der Waals surface area contributed by atoms with Gasteiger partial charge >= 0.3 is 0 Å². The van der Waals surface area contributed by atoms with E-state index in [1.54, 1.807) is 19.4 Å². The Morgan fingerprint density at radius 2 is 2.09 bits per heavy atom. The summed E-state index contributed by atoms with van der Waals surface area (Å²) in [6, 6.07) is 9.14. The minimum absolute atomic E-state index is 0.262. The van der Waals surface area contributed by atoms with Crippen LogP contribution in [0.3, 0.4) is 0 Å². The maximum Gasteiger partial charge on any atom is 0.286 e. The lowest BCUT2D eigenvalue weighted by molar-refractivity contribution is -0.121. The Kier molecular flexibility index (Phi) is 5.60. The molecule has 0 saturated carbocycles. The second kappa shape index (κ2) is 7.65. The Hall–Kier alpha value is -2.28. The molecular weight excluding hydrogens is 350 g/mol. The molecule has 2 aromatic rings. The van der Waals surface area contributed by atoms with Gasteiger partial charge in [-0.2, -0.15) is 0 Å². The molecule has 0 saturated heterocycles. The summed E-state index contributed by atoms with van der Waals surface area (Å²) in [5.74, 6) is 0.0887. The third-order valence-electron chi connectivity index (χ3n) is 2.98. The molecule has 6 nitrogen and oxygen atoms in total. The van der Waals surface area contributed by atoms with E-state index in [1.807, 2.05) is 24.3 Å². The van der Waals surface area contributed by atoms with Crippen molar-refractivity contribution in [3.63, 3.8) is 0 Å². The number of methoxy groups -OCH3 is 1. The highest BCUT2D eigenvalue weighted by molar-refractivity contribution is 9.10. The number of carbonyl (C=O) groups excluding carboxylic acids is 2. The number of nitrogens with one attached hydrogen (secondary N) is 3. The van der Waals surface area contributed by atoms with Crippen molar-refractivity contribution in [2.45, 2.75) is 12.8 Å². The number of H-pyrrole nitrogens is 1. The van der Waals surface area contributed by atoms with Gasteiger partial charge in [-0.15, -0.1) is 0 Å². The Labute approximate surface area is 136 Å². The molecule has 1 aromatic heterocycles. The number of hydrogen-bond donors (Lipinski definition) is 3. The molecule has 0 unspecified atom stereocenters. The number of halogens is 1. The van der Waals surface area contributed by atoms with E-state index in [9.17, 15) is 9.59 Å². The Balaban J connectivity index is 1.77. The summed E-state index contributed by atoms with van der Waals surface area (Å²) in [6.45, 7) is 0. The third kappa shape index (κ3) is 4.63. The first-order valence-corrected chi connectivity index (χ1v) is 7.44. The largest absolute Gasteiger partial charge is 0.497 e. The van der Waals surface area contributed by atoms with E-state index in [0.717, 1.165) is 15.8 Å². The zero-order valence-electron chi connectivity index (χ0n) is 12.0. The molecule has 0 fully saturated rings. The summed E-state index contributed by atoms with van der Waals surface area (Å²) in [7, 11) is 1.60. The van der Waals surface area contributed by atoms with Crippen molar-refractivity contribution < 1.29 is 14.3 Å². The molecule has 0 radical (unpaired) electrons. The Morgan fingerprint density at radius 1 is 1.27 bits per heavy atom. The van der Waals surface area contributed by atoms with Gasteiger partial charge in [0.15, 0.2) is 0 Å². The highest BCUT2D eigenvalue weighted by Gasteiger charge is 2.09. The number of rotatable bonds is 5. The Morgan fingerprint density at radius 3 is 2.77 bits per heavy atom. The second-order valence-electron chi connectivity index (χ2n) is 4.59. The molecule has 0 aliphatic heterocycles. The Bertz CT molecular complexity index is 670. The minimum Gasteiger partial charge on any atom is -0.497 e. The first-order valence-electron chi connectivity index (χ1n) is 6.64. The van der Waals surface area contributed by atoms with Gasteiger partial charge < -0.3 is 9.72 Å². The van der Waals surface area contributed by atoms with E-state index in [-0.39, 0.29) is 12.3 Å². The molecule has 0 aliphatic carbocycles. The maximum atomic E-state index is 11.7. The van der Waals surface area contributed by atoms with Crippen LogP contribution >= 0.6 is 15.9 Å². The number of aryl methyl sites for hydroxylation is 1. The molecule has 2 amide bonds. The van der Waals surface area contributed by atoms with Gasteiger partial charge in [-0.05, 0) is 46.1 Å². The van der Waals surface area contributed by atoms with Crippen LogP contribution in [-0.2, 0) is 11.2 Å². The molecule has 0 atom stereocenters. The van der Waals surface area contributed by atoms with Gasteiger partial charge in [0.05, 0.1) is 7.11 Å². The smallest absolute Gasteiger partial charge is 0.286 e. The van der Waals surface area contributed by atoms with Gasteiger partial charge in [0.2, 0.25) is 5.91 Å². The van der Waals surface area contributed by atoms with Crippen LogP contribution < -0.4 is 15.6 Å². The predicted octanol–water partition coefficient (Wildman–Crippen LogP) is 2.18. The molecule has 0 spiro atoms. The van der Waals surface area contributed by atoms with Gasteiger partial charge in [-0.1, -0.05) is 12.1 Å². The van der Waals surface area contributed by atoms with Crippen molar-refractivity contribution in [2.75, 3.05) is 7.11 Å². The first-order chi connectivity index (χ1) is 10.6. The van der Waals surface area contributed by atoms with Crippen molar-refractivity contribution in [3.8, 4) is 5.75 Å². The van der Waals surface area contributed by atoms with Crippen LogP contribution in [0.1, 0.15) is 22.5 Å². The second-order valence-corrected chi connectivity index (χ2v) is 5.50. The SMILES string of the molecule is COc1cccc(CCC(=O)NNC(=O)c2cc(Br)c[nH]2)c1. The summed E-state index contributed by atoms with van der Waals surface area (Å²) >= 11 is 3.23. The fourth-order valence-electron chi connectivity index (χ4n) is 1.84. The zero-order chi connectivity index (χ0) is 15.9. The predicted molar refractivity (Wildman–Crippen MR) is 85.4 cm³/mol. The quantitative estimate of drug-likeness (QED) is 0.710. The van der Waals surface area contributed by atoms with Crippen molar-refractivity contribution in [2.24, 2.45) is 0 Å². The van der Waals surface area contributed by atoms with E-state index in [2.05, 4.69) is 31.8 Å².